The highest BCUT2D eigenvalue weighted by molar-refractivity contribution is 5.66. The molecule has 0 amide bonds. The zero-order valence-corrected chi connectivity index (χ0v) is 15.7. The van der Waals surface area contributed by atoms with Gasteiger partial charge in [0.05, 0.1) is 19.8 Å². The molecule has 3 rings (SSSR count). The van der Waals surface area contributed by atoms with Gasteiger partial charge in [-0.3, -0.25) is 0 Å². The predicted octanol–water partition coefficient (Wildman–Crippen LogP) is 6.23. The van der Waals surface area contributed by atoms with Gasteiger partial charge >= 0.3 is 0 Å². The largest absolute Gasteiger partial charge is 0.497 e. The summed E-state index contributed by atoms with van der Waals surface area (Å²) in [5.41, 5.74) is 0.228. The van der Waals surface area contributed by atoms with E-state index >= 15 is 0 Å². The van der Waals surface area contributed by atoms with E-state index in [0.717, 1.165) is 38.2 Å². The van der Waals surface area contributed by atoms with Crippen LogP contribution < -0.4 is 4.74 Å². The molecule has 1 heterocycles. The first-order chi connectivity index (χ1) is 13.0. The van der Waals surface area contributed by atoms with Crippen molar-refractivity contribution in [3.8, 4) is 16.9 Å². The number of rotatable bonds is 6. The lowest BCUT2D eigenvalue weighted by molar-refractivity contribution is -0.00258. The Bertz CT molecular complexity index is 783. The van der Waals surface area contributed by atoms with Gasteiger partial charge in [0.1, 0.15) is 11.6 Å². The zero-order valence-electron chi connectivity index (χ0n) is 15.7. The second-order valence-corrected chi connectivity index (χ2v) is 7.05. The van der Waals surface area contributed by atoms with Gasteiger partial charge in [-0.05, 0) is 37.0 Å². The normalized spacial score (nSPS) is 19.9. The highest BCUT2D eigenvalue weighted by Crippen LogP contribution is 2.36. The van der Waals surface area contributed by atoms with E-state index < -0.39 is 17.5 Å². The molecule has 2 aromatic rings. The molecule has 1 fully saturated rings. The van der Waals surface area contributed by atoms with Crippen LogP contribution in [0, 0.1) is 17.5 Å². The minimum atomic E-state index is -1.02. The van der Waals surface area contributed by atoms with E-state index in [9.17, 15) is 13.2 Å². The first-order valence-corrected chi connectivity index (χ1v) is 9.48. The van der Waals surface area contributed by atoms with Gasteiger partial charge in [-0.15, -0.1) is 0 Å². The molecule has 2 atom stereocenters. The molecule has 0 bridgehead atoms. The molecule has 2 nitrogen and oxygen atoms in total. The molecular weight excluding hydrogens is 353 g/mol. The number of halogens is 3. The Hall–Kier alpha value is -2.01. The maximum atomic E-state index is 14.7. The smallest absolute Gasteiger partial charge is 0.167 e. The summed E-state index contributed by atoms with van der Waals surface area (Å²) in [6.07, 6.45) is 5.06. The number of hydrogen-bond donors (Lipinski definition) is 0. The van der Waals surface area contributed by atoms with Crippen molar-refractivity contribution in [1.29, 1.82) is 0 Å². The van der Waals surface area contributed by atoms with Gasteiger partial charge in [0.2, 0.25) is 0 Å². The molecule has 1 saturated heterocycles. The third-order valence-electron chi connectivity index (χ3n) is 5.27. The predicted molar refractivity (Wildman–Crippen MR) is 99.5 cm³/mol. The number of hydrogen-bond acceptors (Lipinski definition) is 2. The van der Waals surface area contributed by atoms with Gasteiger partial charge in [0.25, 0.3) is 0 Å². The summed E-state index contributed by atoms with van der Waals surface area (Å²) >= 11 is 0. The molecule has 1 aliphatic rings. The molecule has 1 aliphatic heterocycles. The fourth-order valence-electron chi connectivity index (χ4n) is 3.64. The Balaban J connectivity index is 1.80. The molecule has 0 N–H and O–H groups in total. The molecule has 27 heavy (non-hydrogen) atoms. The van der Waals surface area contributed by atoms with Crippen molar-refractivity contribution in [2.24, 2.45) is 0 Å². The van der Waals surface area contributed by atoms with E-state index in [1.165, 1.54) is 25.3 Å². The van der Waals surface area contributed by atoms with E-state index in [4.69, 9.17) is 9.47 Å². The molecule has 146 valence electrons. The van der Waals surface area contributed by atoms with Gasteiger partial charge in [0.15, 0.2) is 11.6 Å². The van der Waals surface area contributed by atoms with Crippen LogP contribution in [0.15, 0.2) is 30.3 Å². The van der Waals surface area contributed by atoms with Gasteiger partial charge in [-0.2, -0.15) is 0 Å². The number of ether oxygens (including phenoxy) is 2. The van der Waals surface area contributed by atoms with Crippen LogP contribution in [0.2, 0.25) is 0 Å². The molecule has 0 aromatic heterocycles. The summed E-state index contributed by atoms with van der Waals surface area (Å²) in [7, 11) is 1.42. The minimum absolute atomic E-state index is 0.0123. The van der Waals surface area contributed by atoms with Crippen LogP contribution in [0.5, 0.6) is 5.75 Å². The number of methoxy groups -OCH3 is 1. The van der Waals surface area contributed by atoms with Gasteiger partial charge in [-0.25, -0.2) is 13.2 Å². The van der Waals surface area contributed by atoms with Crippen LogP contribution in [-0.4, -0.2) is 19.8 Å². The molecule has 0 radical (unpaired) electrons. The highest BCUT2D eigenvalue weighted by Gasteiger charge is 2.27. The average Bonchev–Trinajstić information content (AvgIpc) is 2.69. The Kier molecular flexibility index (Phi) is 6.42. The fraction of sp³-hybridized carbons (Fsp3) is 0.455. The van der Waals surface area contributed by atoms with E-state index in [1.54, 1.807) is 6.07 Å². The lowest BCUT2D eigenvalue weighted by atomic mass is 9.88. The molecule has 5 heteroatoms. The van der Waals surface area contributed by atoms with Gasteiger partial charge in [0, 0.05) is 23.1 Å². The summed E-state index contributed by atoms with van der Waals surface area (Å²) in [5, 5.41) is 0. The Labute approximate surface area is 158 Å². The number of benzene rings is 2. The lowest BCUT2D eigenvalue weighted by Crippen LogP contribution is -2.25. The summed E-state index contributed by atoms with van der Waals surface area (Å²) in [6, 6.07) is 7.08. The van der Waals surface area contributed by atoms with Crippen LogP contribution in [-0.2, 0) is 4.74 Å². The number of unbranched alkanes of at least 4 members (excludes halogenated alkanes) is 1. The zero-order chi connectivity index (χ0) is 19.4. The van der Waals surface area contributed by atoms with Crippen LogP contribution in [0.4, 0.5) is 13.2 Å². The van der Waals surface area contributed by atoms with E-state index in [-0.39, 0.29) is 23.1 Å². The van der Waals surface area contributed by atoms with Gasteiger partial charge < -0.3 is 9.47 Å². The van der Waals surface area contributed by atoms with Crippen molar-refractivity contribution in [2.45, 2.75) is 51.0 Å². The maximum absolute atomic E-state index is 14.7. The van der Waals surface area contributed by atoms with Crippen molar-refractivity contribution in [3.63, 3.8) is 0 Å². The van der Waals surface area contributed by atoms with Crippen molar-refractivity contribution in [3.05, 3.63) is 53.3 Å². The molecular formula is C22H25F3O2. The Morgan fingerprint density at radius 3 is 2.44 bits per heavy atom. The minimum Gasteiger partial charge on any atom is -0.497 e. The summed E-state index contributed by atoms with van der Waals surface area (Å²) < 4.78 is 54.5. The SMILES string of the molecule is CCCCC1CCC(c2ccc(-c3ccc(OC)cc3F)c(F)c2F)CO1. The second kappa shape index (κ2) is 8.79. The summed E-state index contributed by atoms with van der Waals surface area (Å²) in [5.74, 6) is -2.44. The molecule has 0 saturated carbocycles. The third kappa shape index (κ3) is 4.29. The van der Waals surface area contributed by atoms with E-state index in [1.807, 2.05) is 0 Å². The van der Waals surface area contributed by atoms with Crippen LogP contribution >= 0.6 is 0 Å². The topological polar surface area (TPSA) is 18.5 Å². The van der Waals surface area contributed by atoms with Crippen molar-refractivity contribution in [2.75, 3.05) is 13.7 Å². The molecule has 0 spiro atoms. The average molecular weight is 378 g/mol. The standard InChI is InChI=1S/C22H25F3O2/c1-3-4-5-15-7-6-14(13-27-15)17-10-11-19(22(25)21(17)24)18-9-8-16(26-2)12-20(18)23/h8-12,14-15H,3-7,13H2,1-2H3. The van der Waals surface area contributed by atoms with Crippen LogP contribution in [0.1, 0.15) is 50.5 Å². The van der Waals surface area contributed by atoms with E-state index in [0.29, 0.717) is 17.9 Å². The summed E-state index contributed by atoms with van der Waals surface area (Å²) in [4.78, 5) is 0. The Morgan fingerprint density at radius 2 is 1.81 bits per heavy atom. The first kappa shape index (κ1) is 19.7. The first-order valence-electron chi connectivity index (χ1n) is 9.48. The lowest BCUT2D eigenvalue weighted by Gasteiger charge is -2.29. The molecule has 2 aromatic carbocycles. The molecule has 2 unspecified atom stereocenters. The van der Waals surface area contributed by atoms with Crippen molar-refractivity contribution in [1.82, 2.24) is 0 Å². The maximum Gasteiger partial charge on any atom is 0.167 e. The van der Waals surface area contributed by atoms with Crippen molar-refractivity contribution < 1.29 is 22.6 Å². The van der Waals surface area contributed by atoms with Gasteiger partial charge in [-0.1, -0.05) is 31.9 Å². The van der Waals surface area contributed by atoms with Crippen LogP contribution in [0.3, 0.4) is 0 Å². The fourth-order valence-corrected chi connectivity index (χ4v) is 3.64. The second-order valence-electron chi connectivity index (χ2n) is 7.05. The molecule has 0 aliphatic carbocycles. The van der Waals surface area contributed by atoms with E-state index in [2.05, 4.69) is 6.92 Å². The Morgan fingerprint density at radius 1 is 1.04 bits per heavy atom. The quantitative estimate of drug-likeness (QED) is 0.593. The summed E-state index contributed by atoms with van der Waals surface area (Å²) in [6.45, 7) is 2.53. The highest BCUT2D eigenvalue weighted by atomic mass is 19.2. The third-order valence-corrected chi connectivity index (χ3v) is 5.27. The van der Waals surface area contributed by atoms with Crippen molar-refractivity contribution >= 4 is 0 Å². The van der Waals surface area contributed by atoms with Crippen LogP contribution in [0.25, 0.3) is 11.1 Å². The monoisotopic (exact) mass is 378 g/mol.